The molecule has 1 atom stereocenters. The van der Waals surface area contributed by atoms with Crippen LogP contribution in [0.3, 0.4) is 0 Å². The first-order valence-electron chi connectivity index (χ1n) is 33.8. The summed E-state index contributed by atoms with van der Waals surface area (Å²) in [7, 11) is 0. The Balaban J connectivity index is -0.000000159. The summed E-state index contributed by atoms with van der Waals surface area (Å²) in [6, 6.07) is 21.4. The number of hydrogen-bond acceptors (Lipinski definition) is 1. The second-order valence-corrected chi connectivity index (χ2v) is 36.3. The van der Waals surface area contributed by atoms with Crippen molar-refractivity contribution < 1.29 is 8.81 Å². The largest absolute Gasteiger partial charge is 0.469 e. The second-order valence-electron chi connectivity index (χ2n) is 36.3. The van der Waals surface area contributed by atoms with Crippen LogP contribution in [0.15, 0.2) is 90.1 Å². The van der Waals surface area contributed by atoms with E-state index in [2.05, 4.69) is 286 Å². The van der Waals surface area contributed by atoms with E-state index in [4.69, 9.17) is 4.42 Å². The molecule has 2 aliphatic rings. The highest BCUT2D eigenvalue weighted by Gasteiger charge is 2.33. The monoisotopic (exact) mass is 1190 g/mol. The van der Waals surface area contributed by atoms with Gasteiger partial charge in [-0.3, -0.25) is 0 Å². The zero-order valence-electron chi connectivity index (χ0n) is 65.0. The SMILES string of the molecule is C.C=CC(C)(C)C.CC(C)(C)C1CC1.CC(C)(C)C1CCCC1.CC(C)(C)c1ccccc1.CC(C)(C)c1ccccc1F.CC(C)(C)c1ccco1.CC(C)C.CC(C)C(C)(C)C.CCC(C)(C)C.CCC(C)(C)C.CCCC(C)C(C)(C)C. The van der Waals surface area contributed by atoms with Crippen molar-refractivity contribution in [2.24, 2.45) is 67.5 Å². The fraction of sp³-hybridized carbons (Fsp3) is 0.783. The molecule has 0 radical (unpaired) electrons. The molecule has 2 heteroatoms. The Hall–Kier alpha value is -2.61. The number of allylic oxidation sites excluding steroid dienone is 1. The van der Waals surface area contributed by atoms with Crippen LogP contribution in [0.4, 0.5) is 4.39 Å². The number of benzene rings is 2. The third kappa shape index (κ3) is 67.2. The van der Waals surface area contributed by atoms with Gasteiger partial charge in [0.2, 0.25) is 0 Å². The molecule has 0 amide bonds. The van der Waals surface area contributed by atoms with Crippen LogP contribution in [0.1, 0.15) is 359 Å². The molecule has 0 saturated heterocycles. The molecule has 5 rings (SSSR count). The quantitative estimate of drug-likeness (QED) is 0.233. The van der Waals surface area contributed by atoms with Gasteiger partial charge in [-0.15, -0.1) is 6.58 Å². The van der Waals surface area contributed by atoms with Gasteiger partial charge in [0.1, 0.15) is 11.6 Å². The van der Waals surface area contributed by atoms with Crippen LogP contribution < -0.4 is 0 Å². The maximum Gasteiger partial charge on any atom is 0.126 e. The number of hydrogen-bond donors (Lipinski definition) is 0. The summed E-state index contributed by atoms with van der Waals surface area (Å²) in [6.07, 6.45) is 17.7. The fourth-order valence-corrected chi connectivity index (χ4v) is 6.32. The third-order valence-electron chi connectivity index (χ3n) is 15.6. The van der Waals surface area contributed by atoms with Gasteiger partial charge in [-0.05, 0) is 133 Å². The standard InChI is InChI=1S/C10H13F.C10H14.C9H18.C9H20.C8H12O.C7H14.C7H16.2C6H14.C6H12.C4H10.CH4/c1-10(2,3)8-6-4-5-7-9(8)11;1-10(2,3)9-7-5-4-6-8-9;1-9(2,3)8-6-4-5-7-8;1-6-7-8(2)9(3,4)5;1-8(2,3)7-5-4-6-9-7;1-7(2,3)6-4-5-6;1-6(2)7(3,4)5;3*1-5-6(2,3)4;1-4(2)3;/h4-7H,1-3H3;4-8H,1-3H3;8H,4-7H2,1-3H3;8H,6-7H2,1-5H3;4-6H,1-3H3;6H,4-5H2,1-3H3;6H,1-5H3;2*5H2,1-4H3;5H,1H2,2-4H3;4H,1-3H3;1H4. The van der Waals surface area contributed by atoms with Gasteiger partial charge in [0.25, 0.3) is 0 Å². The molecule has 0 N–H and O–H groups in total. The minimum Gasteiger partial charge on any atom is -0.469 e. The molecule has 506 valence electrons. The van der Waals surface area contributed by atoms with Crippen molar-refractivity contribution in [3.8, 4) is 0 Å². The molecule has 85 heavy (non-hydrogen) atoms. The Kier molecular flexibility index (Phi) is 50.6. The zero-order valence-corrected chi connectivity index (χ0v) is 65.0. The second kappa shape index (κ2) is 44.8. The third-order valence-corrected chi connectivity index (χ3v) is 15.6. The Labute approximate surface area is 539 Å². The maximum absolute atomic E-state index is 13.1. The highest BCUT2D eigenvalue weighted by molar-refractivity contribution is 5.24. The van der Waals surface area contributed by atoms with Crippen LogP contribution in [0, 0.1) is 73.3 Å². The Morgan fingerprint density at radius 2 is 0.812 bits per heavy atom. The van der Waals surface area contributed by atoms with Crippen molar-refractivity contribution in [3.05, 3.63) is 108 Å². The molecule has 0 bridgehead atoms. The Morgan fingerprint density at radius 1 is 0.482 bits per heavy atom. The van der Waals surface area contributed by atoms with Crippen LogP contribution >= 0.6 is 0 Å². The van der Waals surface area contributed by atoms with E-state index in [0.29, 0.717) is 43.3 Å². The van der Waals surface area contributed by atoms with Crippen molar-refractivity contribution in [1.29, 1.82) is 0 Å². The fourth-order valence-electron chi connectivity index (χ4n) is 6.32. The number of halogens is 1. The molecular formula is C83H161FO. The van der Waals surface area contributed by atoms with Gasteiger partial charge in [-0.25, -0.2) is 4.39 Å². The first kappa shape index (κ1) is 96.0. The molecule has 1 nitrogen and oxygen atoms in total. The first-order valence-corrected chi connectivity index (χ1v) is 33.8. The van der Waals surface area contributed by atoms with Gasteiger partial charge in [-0.1, -0.05) is 371 Å². The Morgan fingerprint density at radius 3 is 0.953 bits per heavy atom. The lowest BCUT2D eigenvalue weighted by Crippen LogP contribution is -2.16. The van der Waals surface area contributed by atoms with Gasteiger partial charge >= 0.3 is 0 Å². The van der Waals surface area contributed by atoms with Crippen molar-refractivity contribution in [3.63, 3.8) is 0 Å². The lowest BCUT2D eigenvalue weighted by molar-refractivity contribution is 0.245. The van der Waals surface area contributed by atoms with E-state index in [-0.39, 0.29) is 24.1 Å². The van der Waals surface area contributed by atoms with Gasteiger partial charge in [0, 0.05) is 5.41 Å². The van der Waals surface area contributed by atoms with Gasteiger partial charge in [-0.2, -0.15) is 0 Å². The van der Waals surface area contributed by atoms with Gasteiger partial charge in [0.05, 0.1) is 6.26 Å². The average molecular weight is 1190 g/mol. The van der Waals surface area contributed by atoms with E-state index in [9.17, 15) is 4.39 Å². The highest BCUT2D eigenvalue weighted by atomic mass is 19.1. The summed E-state index contributed by atoms with van der Waals surface area (Å²) < 4.78 is 18.3. The normalized spacial score (nSPS) is 14.0. The van der Waals surface area contributed by atoms with Crippen molar-refractivity contribution >= 4 is 0 Å². The molecule has 1 unspecified atom stereocenters. The van der Waals surface area contributed by atoms with Crippen LogP contribution in [-0.4, -0.2) is 0 Å². The van der Waals surface area contributed by atoms with Gasteiger partial charge < -0.3 is 4.42 Å². The molecule has 0 aliphatic heterocycles. The molecule has 2 aromatic carbocycles. The van der Waals surface area contributed by atoms with Gasteiger partial charge in [0.15, 0.2) is 0 Å². The average Bonchev–Trinajstić information content (AvgIpc) is 3.74. The highest BCUT2D eigenvalue weighted by Crippen LogP contribution is 2.44. The van der Waals surface area contributed by atoms with Crippen molar-refractivity contribution in [2.45, 2.75) is 358 Å². The number of rotatable bonds is 2. The minimum atomic E-state index is -0.111. The molecule has 0 spiro atoms. The summed E-state index contributed by atoms with van der Waals surface area (Å²) in [6.45, 7) is 90.3. The molecule has 2 saturated carbocycles. The minimum absolute atomic E-state index is 0. The van der Waals surface area contributed by atoms with Crippen LogP contribution in [0.5, 0.6) is 0 Å². The maximum atomic E-state index is 13.1. The molecule has 2 aliphatic carbocycles. The summed E-state index contributed by atoms with van der Waals surface area (Å²) in [4.78, 5) is 0. The first-order chi connectivity index (χ1) is 37.3. The molecular weight excluding hydrogens is 1030 g/mol. The van der Waals surface area contributed by atoms with E-state index in [1.807, 2.05) is 51.1 Å². The smallest absolute Gasteiger partial charge is 0.126 e. The van der Waals surface area contributed by atoms with E-state index in [0.717, 1.165) is 40.9 Å². The van der Waals surface area contributed by atoms with Crippen LogP contribution in [0.2, 0.25) is 0 Å². The number of furan rings is 1. The molecule has 2 fully saturated rings. The predicted octanol–water partition coefficient (Wildman–Crippen LogP) is 29.9. The summed E-state index contributed by atoms with van der Waals surface area (Å²) in [5.41, 5.74) is 6.12. The zero-order chi connectivity index (χ0) is 68.2. The van der Waals surface area contributed by atoms with Crippen molar-refractivity contribution in [2.75, 3.05) is 0 Å². The summed E-state index contributed by atoms with van der Waals surface area (Å²) in [5.74, 6) is 5.49. The molecule has 1 heterocycles. The summed E-state index contributed by atoms with van der Waals surface area (Å²) in [5, 5.41) is 0. The van der Waals surface area contributed by atoms with E-state index in [1.165, 1.54) is 75.8 Å². The van der Waals surface area contributed by atoms with Crippen molar-refractivity contribution in [1.82, 2.24) is 0 Å². The lowest BCUT2D eigenvalue weighted by Gasteiger charge is -2.26. The Bertz CT molecular complexity index is 1880. The molecule has 1 aromatic heterocycles. The van der Waals surface area contributed by atoms with Crippen LogP contribution in [-0.2, 0) is 16.2 Å². The predicted molar refractivity (Wildman–Crippen MR) is 395 cm³/mol. The van der Waals surface area contributed by atoms with E-state index < -0.39 is 0 Å². The molecule has 3 aromatic rings. The van der Waals surface area contributed by atoms with E-state index in [1.54, 1.807) is 12.3 Å². The summed E-state index contributed by atoms with van der Waals surface area (Å²) >= 11 is 0. The topological polar surface area (TPSA) is 13.1 Å². The van der Waals surface area contributed by atoms with Crippen LogP contribution in [0.25, 0.3) is 0 Å². The lowest BCUT2D eigenvalue weighted by atomic mass is 9.80. The van der Waals surface area contributed by atoms with E-state index >= 15 is 0 Å².